The largest absolute Gasteiger partial charge is 0.467 e. The van der Waals surface area contributed by atoms with Crippen LogP contribution in [0.5, 0.6) is 0 Å². The van der Waals surface area contributed by atoms with Crippen LogP contribution in [0.1, 0.15) is 16.2 Å². The Morgan fingerprint density at radius 3 is 2.74 bits per heavy atom. The molecule has 0 fully saturated rings. The molecule has 1 aromatic carbocycles. The molecule has 0 saturated carbocycles. The number of pyridine rings is 1. The molecule has 0 aliphatic carbocycles. The average Bonchev–Trinajstić information content (AvgIpc) is 3.07. The third kappa shape index (κ3) is 4.11. The zero-order chi connectivity index (χ0) is 16.1. The van der Waals surface area contributed by atoms with Crippen LogP contribution in [0.15, 0.2) is 65.4 Å². The number of benzene rings is 1. The van der Waals surface area contributed by atoms with Crippen molar-refractivity contribution in [1.29, 1.82) is 0 Å². The van der Waals surface area contributed by atoms with E-state index in [1.165, 1.54) is 0 Å². The van der Waals surface area contributed by atoms with Crippen LogP contribution in [0.2, 0.25) is 5.02 Å². The van der Waals surface area contributed by atoms with Crippen LogP contribution in [-0.2, 0) is 6.54 Å². The number of amides is 1. The minimum atomic E-state index is -0.254. The summed E-state index contributed by atoms with van der Waals surface area (Å²) in [7, 11) is 0. The van der Waals surface area contributed by atoms with Crippen molar-refractivity contribution in [2.24, 2.45) is 0 Å². The fraction of sp³-hybridized carbons (Fsp3) is 0.0588. The molecule has 0 aliphatic rings. The maximum absolute atomic E-state index is 12.0. The van der Waals surface area contributed by atoms with E-state index in [1.54, 1.807) is 42.8 Å². The minimum absolute atomic E-state index is 0.254. The number of aromatic nitrogens is 1. The minimum Gasteiger partial charge on any atom is -0.467 e. The number of carbonyl (C=O) groups is 1. The summed E-state index contributed by atoms with van der Waals surface area (Å²) in [6, 6.07) is 14.4. The molecule has 0 atom stereocenters. The van der Waals surface area contributed by atoms with E-state index in [2.05, 4.69) is 15.6 Å². The summed E-state index contributed by atoms with van der Waals surface area (Å²) in [5.74, 6) is 0.438. The summed E-state index contributed by atoms with van der Waals surface area (Å²) in [4.78, 5) is 16.2. The smallest absolute Gasteiger partial charge is 0.270 e. The third-order valence-electron chi connectivity index (χ3n) is 3.11. The van der Waals surface area contributed by atoms with Crippen LogP contribution in [0.3, 0.4) is 0 Å². The zero-order valence-corrected chi connectivity index (χ0v) is 12.9. The number of anilines is 2. The highest BCUT2D eigenvalue weighted by Gasteiger charge is 2.07. The van der Waals surface area contributed by atoms with Crippen molar-refractivity contribution in [3.05, 3.63) is 77.5 Å². The highest BCUT2D eigenvalue weighted by molar-refractivity contribution is 6.30. The van der Waals surface area contributed by atoms with E-state index in [1.807, 2.05) is 18.2 Å². The van der Waals surface area contributed by atoms with Crippen molar-refractivity contribution in [2.45, 2.75) is 6.54 Å². The Kier molecular flexibility index (Phi) is 4.59. The van der Waals surface area contributed by atoms with Crippen molar-refractivity contribution in [2.75, 3.05) is 5.32 Å². The SMILES string of the molecule is O=C(NCc1ccco1)c1ccc(Nc2cccc(Cl)c2)cn1. The molecule has 0 spiro atoms. The first-order valence-corrected chi connectivity index (χ1v) is 7.38. The van der Waals surface area contributed by atoms with E-state index in [4.69, 9.17) is 16.0 Å². The second-order valence-corrected chi connectivity index (χ2v) is 5.27. The maximum atomic E-state index is 12.0. The van der Waals surface area contributed by atoms with E-state index in [0.717, 1.165) is 11.4 Å². The monoisotopic (exact) mass is 327 g/mol. The number of hydrogen-bond acceptors (Lipinski definition) is 4. The first-order chi connectivity index (χ1) is 11.2. The van der Waals surface area contributed by atoms with Crippen LogP contribution < -0.4 is 10.6 Å². The summed E-state index contributed by atoms with van der Waals surface area (Å²) in [6.07, 6.45) is 3.17. The predicted octanol–water partition coefficient (Wildman–Crippen LogP) is 4.00. The van der Waals surface area contributed by atoms with Gasteiger partial charge in [0.1, 0.15) is 11.5 Å². The van der Waals surface area contributed by atoms with Crippen LogP contribution in [-0.4, -0.2) is 10.9 Å². The lowest BCUT2D eigenvalue weighted by molar-refractivity contribution is 0.0943. The van der Waals surface area contributed by atoms with Gasteiger partial charge < -0.3 is 15.1 Å². The molecule has 23 heavy (non-hydrogen) atoms. The molecule has 0 unspecified atom stereocenters. The molecule has 0 aliphatic heterocycles. The zero-order valence-electron chi connectivity index (χ0n) is 12.1. The maximum Gasteiger partial charge on any atom is 0.270 e. The molecule has 2 aromatic heterocycles. The van der Waals surface area contributed by atoms with Gasteiger partial charge in [-0.25, -0.2) is 4.98 Å². The van der Waals surface area contributed by atoms with Crippen molar-refractivity contribution in [1.82, 2.24) is 10.3 Å². The van der Waals surface area contributed by atoms with E-state index in [9.17, 15) is 4.79 Å². The summed E-state index contributed by atoms with van der Waals surface area (Å²) >= 11 is 5.94. The van der Waals surface area contributed by atoms with Gasteiger partial charge in [0.05, 0.1) is 24.7 Å². The molecule has 0 bridgehead atoms. The van der Waals surface area contributed by atoms with Crippen molar-refractivity contribution in [3.8, 4) is 0 Å². The predicted molar refractivity (Wildman–Crippen MR) is 88.8 cm³/mol. The average molecular weight is 328 g/mol. The third-order valence-corrected chi connectivity index (χ3v) is 3.35. The van der Waals surface area contributed by atoms with E-state index in [0.29, 0.717) is 23.0 Å². The highest BCUT2D eigenvalue weighted by Crippen LogP contribution is 2.19. The molecule has 2 N–H and O–H groups in total. The van der Waals surface area contributed by atoms with Gasteiger partial charge in [-0.1, -0.05) is 17.7 Å². The van der Waals surface area contributed by atoms with Crippen LogP contribution >= 0.6 is 11.6 Å². The van der Waals surface area contributed by atoms with Crippen LogP contribution in [0, 0.1) is 0 Å². The Morgan fingerprint density at radius 1 is 1.13 bits per heavy atom. The standard InChI is InChI=1S/C17H14ClN3O2/c18-12-3-1-4-13(9-12)21-14-6-7-16(19-10-14)17(22)20-11-15-5-2-8-23-15/h1-10,21H,11H2,(H,20,22). The van der Waals surface area contributed by atoms with E-state index < -0.39 is 0 Å². The number of halogens is 1. The number of furan rings is 1. The topological polar surface area (TPSA) is 67.2 Å². The van der Waals surface area contributed by atoms with Gasteiger partial charge in [-0.05, 0) is 42.5 Å². The Hall–Kier alpha value is -2.79. The summed E-state index contributed by atoms with van der Waals surface area (Å²) in [5.41, 5.74) is 1.97. The number of hydrogen-bond donors (Lipinski definition) is 2. The van der Waals surface area contributed by atoms with Crippen LogP contribution in [0.4, 0.5) is 11.4 Å². The summed E-state index contributed by atoms with van der Waals surface area (Å²) < 4.78 is 5.16. The van der Waals surface area contributed by atoms with Gasteiger partial charge in [0.15, 0.2) is 0 Å². The lowest BCUT2D eigenvalue weighted by Crippen LogP contribution is -2.23. The Labute approximate surface area is 138 Å². The molecule has 6 heteroatoms. The summed E-state index contributed by atoms with van der Waals surface area (Å²) in [5, 5.41) is 6.57. The van der Waals surface area contributed by atoms with Gasteiger partial charge in [-0.2, -0.15) is 0 Å². The molecular weight excluding hydrogens is 314 g/mol. The van der Waals surface area contributed by atoms with Crippen LogP contribution in [0.25, 0.3) is 0 Å². The van der Waals surface area contributed by atoms with Gasteiger partial charge in [-0.3, -0.25) is 4.79 Å². The first-order valence-electron chi connectivity index (χ1n) is 7.00. The normalized spacial score (nSPS) is 10.3. The molecule has 0 radical (unpaired) electrons. The van der Waals surface area contributed by atoms with Gasteiger partial charge in [0.2, 0.25) is 0 Å². The highest BCUT2D eigenvalue weighted by atomic mass is 35.5. The number of carbonyl (C=O) groups excluding carboxylic acids is 1. The quantitative estimate of drug-likeness (QED) is 0.743. The van der Waals surface area contributed by atoms with Gasteiger partial charge in [0.25, 0.3) is 5.91 Å². The Morgan fingerprint density at radius 2 is 2.04 bits per heavy atom. The molecule has 2 heterocycles. The Balaban J connectivity index is 1.61. The second-order valence-electron chi connectivity index (χ2n) is 4.83. The fourth-order valence-electron chi connectivity index (χ4n) is 2.01. The van der Waals surface area contributed by atoms with Gasteiger partial charge in [0, 0.05) is 10.7 Å². The fourth-order valence-corrected chi connectivity index (χ4v) is 2.20. The molecule has 1 amide bonds. The number of nitrogens with one attached hydrogen (secondary N) is 2. The summed E-state index contributed by atoms with van der Waals surface area (Å²) in [6.45, 7) is 0.329. The van der Waals surface area contributed by atoms with Crippen molar-refractivity contribution < 1.29 is 9.21 Å². The second kappa shape index (κ2) is 6.98. The first kappa shape index (κ1) is 15.1. The molecule has 3 aromatic rings. The number of nitrogens with zero attached hydrogens (tertiary/aromatic N) is 1. The van der Waals surface area contributed by atoms with Gasteiger partial charge >= 0.3 is 0 Å². The van der Waals surface area contributed by atoms with E-state index >= 15 is 0 Å². The molecular formula is C17H14ClN3O2. The molecule has 3 rings (SSSR count). The molecule has 5 nitrogen and oxygen atoms in total. The molecule has 0 saturated heterocycles. The van der Waals surface area contributed by atoms with Gasteiger partial charge in [-0.15, -0.1) is 0 Å². The lowest BCUT2D eigenvalue weighted by atomic mass is 10.3. The number of rotatable bonds is 5. The molecule has 116 valence electrons. The Bertz CT molecular complexity index is 786. The van der Waals surface area contributed by atoms with E-state index in [-0.39, 0.29) is 5.91 Å². The van der Waals surface area contributed by atoms with Crippen molar-refractivity contribution in [3.63, 3.8) is 0 Å². The van der Waals surface area contributed by atoms with Crippen molar-refractivity contribution >= 4 is 28.9 Å². The lowest BCUT2D eigenvalue weighted by Gasteiger charge is -2.07.